The number of imidazole rings is 1. The molecule has 1 aromatic heterocycles. The van der Waals surface area contributed by atoms with E-state index in [0.29, 0.717) is 18.1 Å². The molecule has 0 aliphatic rings. The third-order valence-electron chi connectivity index (χ3n) is 3.33. The average molecular weight is 371 g/mol. The number of nitrogens with zero attached hydrogens (tertiary/aromatic N) is 2. The summed E-state index contributed by atoms with van der Waals surface area (Å²) in [5.74, 6) is 0.288. The average Bonchev–Trinajstić information content (AvgIpc) is 3.02. The molecule has 0 aliphatic carbocycles. The third kappa shape index (κ3) is 3.35. The van der Waals surface area contributed by atoms with Crippen molar-refractivity contribution in [3.63, 3.8) is 0 Å². The number of hydrogen-bond acceptors (Lipinski definition) is 3. The number of halogens is 1. The maximum Gasteiger partial charge on any atom is 0.358 e. The Morgan fingerprint density at radius 2 is 1.83 bits per heavy atom. The maximum atomic E-state index is 12.0. The zero-order valence-electron chi connectivity index (χ0n) is 12.6. The molecule has 0 saturated carbocycles. The first-order valence-corrected chi connectivity index (χ1v) is 8.06. The van der Waals surface area contributed by atoms with Crippen molar-refractivity contribution in [2.45, 2.75) is 6.92 Å². The molecule has 0 amide bonds. The molecular formula is C18H15BrN2O2. The highest BCUT2D eigenvalue weighted by atomic mass is 79.9. The van der Waals surface area contributed by atoms with Crippen LogP contribution in [0.5, 0.6) is 0 Å². The van der Waals surface area contributed by atoms with Crippen LogP contribution >= 0.6 is 15.9 Å². The molecule has 0 aliphatic heterocycles. The number of esters is 1. The van der Waals surface area contributed by atoms with E-state index >= 15 is 0 Å². The van der Waals surface area contributed by atoms with E-state index in [1.165, 1.54) is 0 Å². The zero-order chi connectivity index (χ0) is 16.2. The fraction of sp³-hybridized carbons (Fsp3) is 0.111. The van der Waals surface area contributed by atoms with Crippen LogP contribution in [0.1, 0.15) is 17.4 Å². The van der Waals surface area contributed by atoms with E-state index in [-0.39, 0.29) is 0 Å². The maximum absolute atomic E-state index is 12.0. The van der Waals surface area contributed by atoms with Gasteiger partial charge in [0.1, 0.15) is 5.82 Å². The molecule has 1 heterocycles. The van der Waals surface area contributed by atoms with Gasteiger partial charge in [0.05, 0.1) is 6.61 Å². The summed E-state index contributed by atoms with van der Waals surface area (Å²) in [7, 11) is 0. The van der Waals surface area contributed by atoms with Gasteiger partial charge in [-0.3, -0.25) is 4.57 Å². The van der Waals surface area contributed by atoms with Crippen LogP contribution in [0.2, 0.25) is 0 Å². The number of ether oxygens (including phenoxy) is 1. The molecule has 3 rings (SSSR count). The Bertz CT molecular complexity index is 811. The van der Waals surface area contributed by atoms with Crippen molar-refractivity contribution in [1.82, 2.24) is 9.55 Å². The van der Waals surface area contributed by atoms with Crippen molar-refractivity contribution in [3.8, 4) is 17.1 Å². The van der Waals surface area contributed by atoms with E-state index in [1.807, 2.05) is 59.2 Å². The molecule has 0 spiro atoms. The number of hydrogen-bond donors (Lipinski definition) is 0. The van der Waals surface area contributed by atoms with Crippen molar-refractivity contribution >= 4 is 21.9 Å². The second-order valence-corrected chi connectivity index (χ2v) is 5.80. The second-order valence-electron chi connectivity index (χ2n) is 4.88. The molecule has 4 nitrogen and oxygen atoms in total. The summed E-state index contributed by atoms with van der Waals surface area (Å²) in [6.45, 7) is 2.10. The van der Waals surface area contributed by atoms with Gasteiger partial charge in [0.2, 0.25) is 0 Å². The Hall–Kier alpha value is -2.40. The monoisotopic (exact) mass is 370 g/mol. The minimum absolute atomic E-state index is 0.300. The molecule has 116 valence electrons. The minimum atomic E-state index is -0.416. The van der Waals surface area contributed by atoms with Crippen LogP contribution in [0.4, 0.5) is 0 Å². The summed E-state index contributed by atoms with van der Waals surface area (Å²) >= 11 is 3.43. The summed E-state index contributed by atoms with van der Waals surface area (Å²) in [5.41, 5.74) is 2.16. The Labute approximate surface area is 142 Å². The van der Waals surface area contributed by atoms with Gasteiger partial charge in [-0.25, -0.2) is 9.78 Å². The van der Waals surface area contributed by atoms with Crippen molar-refractivity contribution in [3.05, 3.63) is 71.0 Å². The standard InChI is InChI=1S/C18H15BrN2O2/c1-2-23-18(22)16-12-21(15-10-8-14(19)9-11-15)17(20-16)13-6-4-3-5-7-13/h3-12H,2H2,1H3. The number of rotatable bonds is 4. The highest BCUT2D eigenvalue weighted by Crippen LogP contribution is 2.24. The molecule has 3 aromatic rings. The normalized spacial score (nSPS) is 10.5. The molecule has 0 radical (unpaired) electrons. The molecule has 5 heteroatoms. The first-order chi connectivity index (χ1) is 11.2. The van der Waals surface area contributed by atoms with Crippen LogP contribution in [0.25, 0.3) is 17.1 Å². The number of benzene rings is 2. The van der Waals surface area contributed by atoms with Gasteiger partial charge < -0.3 is 4.74 Å². The first-order valence-electron chi connectivity index (χ1n) is 7.27. The SMILES string of the molecule is CCOC(=O)c1cn(-c2ccc(Br)cc2)c(-c2ccccc2)n1. The molecule has 0 N–H and O–H groups in total. The Morgan fingerprint density at radius 3 is 2.48 bits per heavy atom. The predicted molar refractivity (Wildman–Crippen MR) is 92.7 cm³/mol. The molecule has 0 fully saturated rings. The van der Waals surface area contributed by atoms with E-state index in [1.54, 1.807) is 13.1 Å². The lowest BCUT2D eigenvalue weighted by atomic mass is 10.2. The first kappa shape index (κ1) is 15.5. The van der Waals surface area contributed by atoms with Crippen molar-refractivity contribution < 1.29 is 9.53 Å². The summed E-state index contributed by atoms with van der Waals surface area (Å²) in [4.78, 5) is 16.5. The smallest absolute Gasteiger partial charge is 0.358 e. The van der Waals surface area contributed by atoms with E-state index in [2.05, 4.69) is 20.9 Å². The topological polar surface area (TPSA) is 44.1 Å². The number of carbonyl (C=O) groups is 1. The van der Waals surface area contributed by atoms with Crippen LogP contribution in [0, 0.1) is 0 Å². The highest BCUT2D eigenvalue weighted by Gasteiger charge is 2.17. The van der Waals surface area contributed by atoms with Gasteiger partial charge in [-0.1, -0.05) is 46.3 Å². The van der Waals surface area contributed by atoms with Crippen LogP contribution in [0.3, 0.4) is 0 Å². The minimum Gasteiger partial charge on any atom is -0.461 e. The van der Waals surface area contributed by atoms with Crippen LogP contribution in [-0.2, 0) is 4.74 Å². The fourth-order valence-electron chi connectivity index (χ4n) is 2.27. The van der Waals surface area contributed by atoms with Gasteiger partial charge in [-0.05, 0) is 31.2 Å². The molecule has 0 saturated heterocycles. The van der Waals surface area contributed by atoms with Gasteiger partial charge in [0.25, 0.3) is 0 Å². The molecule has 0 unspecified atom stereocenters. The molecule has 0 bridgehead atoms. The molecule has 0 atom stereocenters. The van der Waals surface area contributed by atoms with Crippen molar-refractivity contribution in [1.29, 1.82) is 0 Å². The van der Waals surface area contributed by atoms with Gasteiger partial charge >= 0.3 is 5.97 Å². The van der Waals surface area contributed by atoms with Crippen molar-refractivity contribution in [2.75, 3.05) is 6.61 Å². The lowest BCUT2D eigenvalue weighted by Gasteiger charge is -2.07. The molecule has 2 aromatic carbocycles. The van der Waals surface area contributed by atoms with Gasteiger partial charge in [-0.2, -0.15) is 0 Å². The zero-order valence-corrected chi connectivity index (χ0v) is 14.2. The van der Waals surface area contributed by atoms with E-state index < -0.39 is 5.97 Å². The van der Waals surface area contributed by atoms with Gasteiger partial charge in [-0.15, -0.1) is 0 Å². The Balaban J connectivity index is 2.12. The fourth-order valence-corrected chi connectivity index (χ4v) is 2.54. The summed E-state index contributed by atoms with van der Waals surface area (Å²) in [5, 5.41) is 0. The van der Waals surface area contributed by atoms with Gasteiger partial charge in [0, 0.05) is 21.9 Å². The number of carbonyl (C=O) groups excluding carboxylic acids is 1. The Kier molecular flexibility index (Phi) is 4.57. The quantitative estimate of drug-likeness (QED) is 0.636. The Morgan fingerprint density at radius 1 is 1.13 bits per heavy atom. The van der Waals surface area contributed by atoms with Crippen LogP contribution in [0.15, 0.2) is 65.3 Å². The third-order valence-corrected chi connectivity index (χ3v) is 3.86. The van der Waals surface area contributed by atoms with E-state index in [0.717, 1.165) is 15.7 Å². The lowest BCUT2D eigenvalue weighted by Crippen LogP contribution is -2.04. The summed E-state index contributed by atoms with van der Waals surface area (Å²) < 4.78 is 7.96. The number of aromatic nitrogens is 2. The lowest BCUT2D eigenvalue weighted by molar-refractivity contribution is 0.0520. The van der Waals surface area contributed by atoms with Crippen LogP contribution in [-0.4, -0.2) is 22.1 Å². The van der Waals surface area contributed by atoms with Crippen LogP contribution < -0.4 is 0 Å². The summed E-state index contributed by atoms with van der Waals surface area (Å²) in [6.07, 6.45) is 1.71. The molecular weight excluding hydrogens is 356 g/mol. The molecule has 23 heavy (non-hydrogen) atoms. The summed E-state index contributed by atoms with van der Waals surface area (Å²) in [6, 6.07) is 17.6. The predicted octanol–water partition coefficient (Wildman–Crippen LogP) is 4.48. The van der Waals surface area contributed by atoms with E-state index in [4.69, 9.17) is 4.74 Å². The van der Waals surface area contributed by atoms with E-state index in [9.17, 15) is 4.79 Å². The largest absolute Gasteiger partial charge is 0.461 e. The van der Waals surface area contributed by atoms with Crippen molar-refractivity contribution in [2.24, 2.45) is 0 Å². The second kappa shape index (κ2) is 6.79. The van der Waals surface area contributed by atoms with Gasteiger partial charge in [0.15, 0.2) is 5.69 Å². The highest BCUT2D eigenvalue weighted by molar-refractivity contribution is 9.10.